The molecular formula is C16H20Cl2N2O. The second-order valence-corrected chi connectivity index (χ2v) is 7.02. The van der Waals surface area contributed by atoms with Crippen molar-refractivity contribution in [3.63, 3.8) is 0 Å². The van der Waals surface area contributed by atoms with Crippen molar-refractivity contribution in [2.45, 2.75) is 50.2 Å². The van der Waals surface area contributed by atoms with Gasteiger partial charge in [0.1, 0.15) is 0 Å². The second-order valence-electron chi connectivity index (χ2n) is 6.18. The van der Waals surface area contributed by atoms with Crippen molar-refractivity contribution in [2.75, 3.05) is 7.05 Å². The van der Waals surface area contributed by atoms with Crippen molar-refractivity contribution in [3.05, 3.63) is 33.8 Å². The number of likely N-dealkylation sites (N-methyl/N-ethyl adjacent to an activating group) is 1. The molecule has 114 valence electrons. The molecule has 2 saturated heterocycles. The van der Waals surface area contributed by atoms with E-state index in [9.17, 15) is 4.79 Å². The van der Waals surface area contributed by atoms with E-state index in [0.717, 1.165) is 18.4 Å². The lowest BCUT2D eigenvalue weighted by Crippen LogP contribution is -2.49. The van der Waals surface area contributed by atoms with Gasteiger partial charge in [-0.25, -0.2) is 0 Å². The predicted octanol–water partition coefficient (Wildman–Crippen LogP) is 3.28. The molecule has 0 spiro atoms. The minimum atomic E-state index is 0.116. The van der Waals surface area contributed by atoms with Crippen LogP contribution in [0.15, 0.2) is 18.2 Å². The van der Waals surface area contributed by atoms with E-state index in [1.165, 1.54) is 12.8 Å². The zero-order valence-electron chi connectivity index (χ0n) is 12.1. The van der Waals surface area contributed by atoms with E-state index < -0.39 is 0 Å². The molecule has 3 nitrogen and oxygen atoms in total. The number of amides is 1. The van der Waals surface area contributed by atoms with Gasteiger partial charge >= 0.3 is 0 Å². The summed E-state index contributed by atoms with van der Waals surface area (Å²) in [6, 6.07) is 6.78. The van der Waals surface area contributed by atoms with Crippen LogP contribution in [-0.4, -0.2) is 36.0 Å². The molecule has 0 saturated carbocycles. The van der Waals surface area contributed by atoms with Crippen LogP contribution in [-0.2, 0) is 11.2 Å². The van der Waals surface area contributed by atoms with E-state index in [2.05, 4.69) is 5.32 Å². The number of nitrogens with one attached hydrogen (secondary N) is 1. The fraction of sp³-hybridized carbons (Fsp3) is 0.562. The number of hydrogen-bond donors (Lipinski definition) is 1. The minimum Gasteiger partial charge on any atom is -0.342 e. The zero-order valence-corrected chi connectivity index (χ0v) is 13.6. The molecule has 1 aromatic rings. The Kier molecular flexibility index (Phi) is 4.43. The molecular weight excluding hydrogens is 307 g/mol. The smallest absolute Gasteiger partial charge is 0.227 e. The minimum absolute atomic E-state index is 0.116. The molecule has 2 atom stereocenters. The maximum absolute atomic E-state index is 12.5. The highest BCUT2D eigenvalue weighted by Gasteiger charge is 2.36. The summed E-state index contributed by atoms with van der Waals surface area (Å²) in [5.41, 5.74) is 0.804. The topological polar surface area (TPSA) is 32.3 Å². The Labute approximate surface area is 135 Å². The number of nitrogens with zero attached hydrogens (tertiary/aromatic N) is 1. The molecule has 0 aliphatic carbocycles. The first-order valence-corrected chi connectivity index (χ1v) is 8.24. The third kappa shape index (κ3) is 3.36. The molecule has 1 aromatic carbocycles. The molecule has 3 rings (SSSR count). The lowest BCUT2D eigenvalue weighted by Gasteiger charge is -2.35. The summed E-state index contributed by atoms with van der Waals surface area (Å²) in [6.07, 6.45) is 4.91. The average molecular weight is 327 g/mol. The molecule has 2 aliphatic heterocycles. The van der Waals surface area contributed by atoms with Crippen molar-refractivity contribution in [2.24, 2.45) is 0 Å². The summed E-state index contributed by atoms with van der Waals surface area (Å²) in [5, 5.41) is 4.82. The third-order valence-corrected chi connectivity index (χ3v) is 5.34. The highest BCUT2D eigenvalue weighted by molar-refractivity contribution is 6.33. The van der Waals surface area contributed by atoms with Crippen LogP contribution in [0.5, 0.6) is 0 Å². The summed E-state index contributed by atoms with van der Waals surface area (Å²) in [5.74, 6) is 0.116. The van der Waals surface area contributed by atoms with Gasteiger partial charge in [0.05, 0.1) is 6.42 Å². The predicted molar refractivity (Wildman–Crippen MR) is 85.9 cm³/mol. The van der Waals surface area contributed by atoms with E-state index in [1.54, 1.807) is 18.2 Å². The second kappa shape index (κ2) is 6.15. The number of carbonyl (C=O) groups is 1. The number of benzene rings is 1. The Hall–Kier alpha value is -0.770. The number of hydrogen-bond acceptors (Lipinski definition) is 2. The number of fused-ring (bicyclic) bond motifs is 2. The highest BCUT2D eigenvalue weighted by Crippen LogP contribution is 2.30. The van der Waals surface area contributed by atoms with Gasteiger partial charge in [-0.15, -0.1) is 0 Å². The van der Waals surface area contributed by atoms with Crippen molar-refractivity contribution in [1.82, 2.24) is 10.2 Å². The largest absolute Gasteiger partial charge is 0.342 e. The Morgan fingerprint density at radius 2 is 1.95 bits per heavy atom. The van der Waals surface area contributed by atoms with Crippen LogP contribution >= 0.6 is 23.2 Å². The fourth-order valence-corrected chi connectivity index (χ4v) is 3.89. The van der Waals surface area contributed by atoms with Gasteiger partial charge < -0.3 is 10.2 Å². The number of rotatable bonds is 3. The van der Waals surface area contributed by atoms with Crippen LogP contribution in [0.4, 0.5) is 0 Å². The fourth-order valence-electron chi connectivity index (χ4n) is 3.51. The van der Waals surface area contributed by atoms with E-state index in [0.29, 0.717) is 34.6 Å². The van der Waals surface area contributed by atoms with Gasteiger partial charge in [0.25, 0.3) is 0 Å². The third-order valence-electron chi connectivity index (χ3n) is 4.74. The van der Waals surface area contributed by atoms with Crippen molar-refractivity contribution in [1.29, 1.82) is 0 Å². The Bertz CT molecular complexity index is 537. The van der Waals surface area contributed by atoms with Gasteiger partial charge in [-0.3, -0.25) is 4.79 Å². The normalized spacial score (nSPS) is 27.7. The summed E-state index contributed by atoms with van der Waals surface area (Å²) in [6.45, 7) is 0. The maximum atomic E-state index is 12.5. The maximum Gasteiger partial charge on any atom is 0.227 e. The first kappa shape index (κ1) is 15.1. The first-order chi connectivity index (χ1) is 10.0. The summed E-state index contributed by atoms with van der Waals surface area (Å²) < 4.78 is 0. The molecule has 2 heterocycles. The van der Waals surface area contributed by atoms with Gasteiger partial charge in [0, 0.05) is 35.2 Å². The highest BCUT2D eigenvalue weighted by atomic mass is 35.5. The monoisotopic (exact) mass is 326 g/mol. The Balaban J connectivity index is 1.66. The summed E-state index contributed by atoms with van der Waals surface area (Å²) in [4.78, 5) is 14.4. The number of carbonyl (C=O) groups excluding carboxylic acids is 1. The summed E-state index contributed by atoms with van der Waals surface area (Å²) in [7, 11) is 1.91. The molecule has 0 aromatic heterocycles. The van der Waals surface area contributed by atoms with Crippen LogP contribution in [0.2, 0.25) is 10.0 Å². The van der Waals surface area contributed by atoms with Crippen LogP contribution in [0.1, 0.15) is 31.2 Å². The molecule has 21 heavy (non-hydrogen) atoms. The van der Waals surface area contributed by atoms with E-state index in [-0.39, 0.29) is 5.91 Å². The van der Waals surface area contributed by atoms with Gasteiger partial charge in [-0.05, 0) is 49.4 Å². The average Bonchev–Trinajstić information content (AvgIpc) is 2.80. The quantitative estimate of drug-likeness (QED) is 0.924. The van der Waals surface area contributed by atoms with Crippen LogP contribution < -0.4 is 5.32 Å². The lowest BCUT2D eigenvalue weighted by atomic mass is 9.98. The molecule has 2 unspecified atom stereocenters. The van der Waals surface area contributed by atoms with Crippen LogP contribution in [0, 0.1) is 0 Å². The SMILES string of the molecule is CN(C(=O)Cc1cc(Cl)ccc1Cl)C1CC2CCC(C1)N2. The van der Waals surface area contributed by atoms with Crippen molar-refractivity contribution in [3.8, 4) is 0 Å². The first-order valence-electron chi connectivity index (χ1n) is 7.48. The Morgan fingerprint density at radius 3 is 2.62 bits per heavy atom. The van der Waals surface area contributed by atoms with Gasteiger partial charge in [0.15, 0.2) is 0 Å². The molecule has 1 amide bonds. The molecule has 5 heteroatoms. The summed E-state index contributed by atoms with van der Waals surface area (Å²) >= 11 is 12.1. The standard InChI is InChI=1S/C16H20Cl2N2O/c1-20(14-8-12-3-4-13(9-14)19-12)16(21)7-10-6-11(17)2-5-15(10)18/h2,5-6,12-14,19H,3-4,7-9H2,1H3. The van der Waals surface area contributed by atoms with Gasteiger partial charge in [-0.2, -0.15) is 0 Å². The van der Waals surface area contributed by atoms with E-state index in [1.807, 2.05) is 11.9 Å². The number of halogens is 2. The van der Waals surface area contributed by atoms with Gasteiger partial charge in [0.2, 0.25) is 5.91 Å². The van der Waals surface area contributed by atoms with Crippen molar-refractivity contribution < 1.29 is 4.79 Å². The van der Waals surface area contributed by atoms with E-state index >= 15 is 0 Å². The molecule has 0 radical (unpaired) electrons. The molecule has 1 N–H and O–H groups in total. The molecule has 2 fully saturated rings. The number of piperidine rings is 1. The zero-order chi connectivity index (χ0) is 15.0. The van der Waals surface area contributed by atoms with E-state index in [4.69, 9.17) is 23.2 Å². The Morgan fingerprint density at radius 1 is 1.29 bits per heavy atom. The molecule has 2 bridgehead atoms. The van der Waals surface area contributed by atoms with Crippen LogP contribution in [0.25, 0.3) is 0 Å². The molecule has 2 aliphatic rings. The lowest BCUT2D eigenvalue weighted by molar-refractivity contribution is -0.131. The van der Waals surface area contributed by atoms with Crippen LogP contribution in [0.3, 0.4) is 0 Å². The van der Waals surface area contributed by atoms with Gasteiger partial charge in [-0.1, -0.05) is 23.2 Å². The van der Waals surface area contributed by atoms with Crippen molar-refractivity contribution >= 4 is 29.1 Å².